The van der Waals surface area contributed by atoms with E-state index in [0.29, 0.717) is 5.92 Å². The van der Waals surface area contributed by atoms with Crippen molar-refractivity contribution in [1.29, 1.82) is 0 Å². The van der Waals surface area contributed by atoms with E-state index in [1.165, 1.54) is 12.8 Å². The smallest absolute Gasteiger partial charge is 0.253 e. The van der Waals surface area contributed by atoms with E-state index >= 15 is 0 Å². The van der Waals surface area contributed by atoms with Crippen LogP contribution < -0.4 is 5.32 Å². The van der Waals surface area contributed by atoms with Crippen LogP contribution in [0, 0.1) is 5.92 Å². The average molecular weight is 285 g/mol. The molecule has 0 spiro atoms. The topological polar surface area (TPSA) is 48.1 Å². The van der Waals surface area contributed by atoms with Gasteiger partial charge in [0.1, 0.15) is 0 Å². The molecular formula is C17H23N3O. The lowest BCUT2D eigenvalue weighted by Crippen LogP contribution is -2.38. The lowest BCUT2D eigenvalue weighted by atomic mass is 9.96. The van der Waals surface area contributed by atoms with Gasteiger partial charge in [0.15, 0.2) is 0 Å². The highest BCUT2D eigenvalue weighted by Crippen LogP contribution is 2.18. The number of nitrogens with one attached hydrogen (secondary N) is 2. The van der Waals surface area contributed by atoms with Crippen molar-refractivity contribution in [3.8, 4) is 0 Å². The molecule has 2 heterocycles. The van der Waals surface area contributed by atoms with E-state index in [1.807, 2.05) is 30.5 Å². The number of fused-ring (bicyclic) bond motifs is 1. The predicted octanol–water partition coefficient (Wildman–Crippen LogP) is 2.63. The molecule has 21 heavy (non-hydrogen) atoms. The molecule has 3 rings (SSSR count). The first-order valence-electron chi connectivity index (χ1n) is 7.84. The van der Waals surface area contributed by atoms with Gasteiger partial charge in [0.05, 0.1) is 11.1 Å². The highest BCUT2D eigenvalue weighted by molar-refractivity contribution is 6.05. The van der Waals surface area contributed by atoms with Crippen molar-refractivity contribution in [2.75, 3.05) is 26.2 Å². The maximum absolute atomic E-state index is 12.4. The van der Waals surface area contributed by atoms with Crippen LogP contribution in [0.5, 0.6) is 0 Å². The van der Waals surface area contributed by atoms with Gasteiger partial charge < -0.3 is 15.2 Å². The second kappa shape index (κ2) is 6.31. The number of hydrogen-bond acceptors (Lipinski definition) is 2. The first kappa shape index (κ1) is 14.1. The maximum Gasteiger partial charge on any atom is 0.253 e. The van der Waals surface area contributed by atoms with Crippen LogP contribution in [0.15, 0.2) is 30.5 Å². The van der Waals surface area contributed by atoms with Gasteiger partial charge in [0.2, 0.25) is 0 Å². The van der Waals surface area contributed by atoms with Crippen molar-refractivity contribution in [3.05, 3.63) is 36.0 Å². The molecule has 1 fully saturated rings. The minimum atomic E-state index is 0.0287. The quantitative estimate of drug-likeness (QED) is 0.907. The number of aromatic amines is 1. The van der Waals surface area contributed by atoms with Crippen LogP contribution in [0.25, 0.3) is 10.9 Å². The summed E-state index contributed by atoms with van der Waals surface area (Å²) in [6.45, 7) is 6.44. The molecule has 112 valence electrons. The third-order valence-electron chi connectivity index (χ3n) is 4.54. The van der Waals surface area contributed by atoms with Gasteiger partial charge in [0.25, 0.3) is 5.91 Å². The summed E-state index contributed by atoms with van der Waals surface area (Å²) in [4.78, 5) is 18.0. The molecule has 1 aliphatic heterocycles. The number of benzene rings is 1. The number of aromatic nitrogens is 1. The fourth-order valence-corrected chi connectivity index (χ4v) is 3.11. The molecule has 1 amide bonds. The summed E-state index contributed by atoms with van der Waals surface area (Å²) < 4.78 is 0. The van der Waals surface area contributed by atoms with Crippen LogP contribution in [0.4, 0.5) is 0 Å². The third kappa shape index (κ3) is 3.10. The number of nitrogens with zero attached hydrogens (tertiary/aromatic N) is 1. The summed E-state index contributed by atoms with van der Waals surface area (Å²) in [6.07, 6.45) is 4.24. The Hall–Kier alpha value is -1.81. The Morgan fingerprint density at radius 2 is 2.14 bits per heavy atom. The van der Waals surface area contributed by atoms with Gasteiger partial charge in [0, 0.05) is 18.1 Å². The van der Waals surface area contributed by atoms with E-state index in [2.05, 4.69) is 22.1 Å². The third-order valence-corrected chi connectivity index (χ3v) is 4.54. The Morgan fingerprint density at radius 3 is 2.90 bits per heavy atom. The number of carbonyl (C=O) groups excluding carboxylic acids is 1. The van der Waals surface area contributed by atoms with Crippen LogP contribution in [0.2, 0.25) is 0 Å². The highest BCUT2D eigenvalue weighted by Gasteiger charge is 2.19. The first-order valence-corrected chi connectivity index (χ1v) is 7.84. The van der Waals surface area contributed by atoms with Crippen LogP contribution in [0.3, 0.4) is 0 Å². The summed E-state index contributed by atoms with van der Waals surface area (Å²) in [5, 5.41) is 4.19. The molecule has 0 bridgehead atoms. The molecule has 1 aromatic heterocycles. The number of likely N-dealkylation sites (tertiary alicyclic amines) is 1. The summed E-state index contributed by atoms with van der Waals surface area (Å²) >= 11 is 0. The van der Waals surface area contributed by atoms with Crippen molar-refractivity contribution in [3.63, 3.8) is 0 Å². The Balaban J connectivity index is 1.58. The summed E-state index contributed by atoms with van der Waals surface area (Å²) in [6, 6.07) is 7.83. The molecule has 0 radical (unpaired) electrons. The molecule has 0 atom stereocenters. The Bertz CT molecular complexity index is 611. The van der Waals surface area contributed by atoms with Gasteiger partial charge in [-0.1, -0.05) is 19.1 Å². The maximum atomic E-state index is 12.4. The normalized spacial score (nSPS) is 17.2. The van der Waals surface area contributed by atoms with E-state index in [1.54, 1.807) is 0 Å². The van der Waals surface area contributed by atoms with Crippen molar-refractivity contribution < 1.29 is 4.79 Å². The highest BCUT2D eigenvalue weighted by atomic mass is 16.1. The van der Waals surface area contributed by atoms with E-state index in [-0.39, 0.29) is 5.91 Å². The molecule has 1 saturated heterocycles. The van der Waals surface area contributed by atoms with Crippen molar-refractivity contribution in [1.82, 2.24) is 15.2 Å². The number of para-hydroxylation sites is 1. The monoisotopic (exact) mass is 285 g/mol. The molecule has 4 heteroatoms. The van der Waals surface area contributed by atoms with Crippen molar-refractivity contribution in [2.45, 2.75) is 19.8 Å². The second-order valence-corrected chi connectivity index (χ2v) is 5.84. The van der Waals surface area contributed by atoms with Gasteiger partial charge in [-0.15, -0.1) is 0 Å². The summed E-state index contributed by atoms with van der Waals surface area (Å²) in [5.41, 5.74) is 1.67. The lowest BCUT2D eigenvalue weighted by Gasteiger charge is -2.31. The van der Waals surface area contributed by atoms with Crippen molar-refractivity contribution >= 4 is 16.8 Å². The van der Waals surface area contributed by atoms with Crippen molar-refractivity contribution in [2.24, 2.45) is 5.92 Å². The Labute approximate surface area is 125 Å². The molecule has 1 aliphatic rings. The van der Waals surface area contributed by atoms with Crippen LogP contribution in [0.1, 0.15) is 30.1 Å². The molecule has 2 N–H and O–H groups in total. The molecule has 0 aliphatic carbocycles. The van der Waals surface area contributed by atoms with E-state index in [4.69, 9.17) is 0 Å². The number of hydrogen-bond donors (Lipinski definition) is 2. The zero-order valence-corrected chi connectivity index (χ0v) is 12.6. The number of rotatable bonds is 4. The predicted molar refractivity (Wildman–Crippen MR) is 85.5 cm³/mol. The van der Waals surface area contributed by atoms with Gasteiger partial charge in [-0.2, -0.15) is 0 Å². The number of amides is 1. The van der Waals surface area contributed by atoms with Gasteiger partial charge in [-0.05, 0) is 50.5 Å². The number of piperidine rings is 1. The molecule has 1 aromatic carbocycles. The summed E-state index contributed by atoms with van der Waals surface area (Å²) in [7, 11) is 0. The second-order valence-electron chi connectivity index (χ2n) is 5.84. The SMILES string of the molecule is CCN1CCC(CNC(=O)c2cccc3cc[nH]c23)CC1. The largest absolute Gasteiger partial charge is 0.361 e. The van der Waals surface area contributed by atoms with Crippen LogP contribution in [-0.4, -0.2) is 42.0 Å². The number of carbonyl (C=O) groups is 1. The van der Waals surface area contributed by atoms with E-state index in [9.17, 15) is 4.79 Å². The molecule has 4 nitrogen and oxygen atoms in total. The standard InChI is InChI=1S/C17H23N3O/c1-2-20-10-7-13(8-11-20)12-19-17(21)15-5-3-4-14-6-9-18-16(14)15/h3-6,9,13,18H,2,7-8,10-12H2,1H3,(H,19,21). The average Bonchev–Trinajstić information content (AvgIpc) is 3.01. The van der Waals surface area contributed by atoms with Gasteiger partial charge >= 0.3 is 0 Å². The first-order chi connectivity index (χ1) is 10.3. The Morgan fingerprint density at radius 1 is 1.33 bits per heavy atom. The lowest BCUT2D eigenvalue weighted by molar-refractivity contribution is 0.0938. The zero-order valence-electron chi connectivity index (χ0n) is 12.6. The van der Waals surface area contributed by atoms with Crippen LogP contribution >= 0.6 is 0 Å². The minimum absolute atomic E-state index is 0.0287. The molecule has 2 aromatic rings. The summed E-state index contributed by atoms with van der Waals surface area (Å²) in [5.74, 6) is 0.639. The zero-order chi connectivity index (χ0) is 14.7. The van der Waals surface area contributed by atoms with E-state index < -0.39 is 0 Å². The molecule has 0 unspecified atom stereocenters. The fourth-order valence-electron chi connectivity index (χ4n) is 3.11. The molecule has 0 saturated carbocycles. The van der Waals surface area contributed by atoms with E-state index in [0.717, 1.165) is 42.6 Å². The minimum Gasteiger partial charge on any atom is -0.361 e. The molecular weight excluding hydrogens is 262 g/mol. The number of H-pyrrole nitrogens is 1. The van der Waals surface area contributed by atoms with Gasteiger partial charge in [-0.3, -0.25) is 4.79 Å². The van der Waals surface area contributed by atoms with Crippen LogP contribution in [-0.2, 0) is 0 Å². The van der Waals surface area contributed by atoms with Gasteiger partial charge in [-0.25, -0.2) is 0 Å². The Kier molecular flexibility index (Phi) is 4.25. The fraction of sp³-hybridized carbons (Fsp3) is 0.471.